The Labute approximate surface area is 101 Å². The highest BCUT2D eigenvalue weighted by atomic mass is 19.1. The van der Waals surface area contributed by atoms with E-state index in [1.165, 1.54) is 12.0 Å². The molecule has 1 fully saturated rings. The van der Waals surface area contributed by atoms with E-state index < -0.39 is 0 Å². The van der Waals surface area contributed by atoms with E-state index in [9.17, 15) is 4.39 Å². The van der Waals surface area contributed by atoms with Crippen molar-refractivity contribution in [2.75, 3.05) is 13.2 Å². The minimum atomic E-state index is -0.155. The third-order valence-corrected chi connectivity index (χ3v) is 3.77. The molecule has 0 bridgehead atoms. The number of aryl methyl sites for hydroxylation is 1. The second-order valence-corrected chi connectivity index (χ2v) is 4.94. The number of nitrogens with one attached hydrogen (secondary N) is 1. The lowest BCUT2D eigenvalue weighted by Gasteiger charge is -2.24. The maximum Gasteiger partial charge on any atom is 0.123 e. The molecule has 0 aliphatic carbocycles. The van der Waals surface area contributed by atoms with Crippen LogP contribution >= 0.6 is 0 Å². The Morgan fingerprint density at radius 2 is 2.24 bits per heavy atom. The number of hydrogen-bond acceptors (Lipinski definition) is 2. The van der Waals surface area contributed by atoms with Crippen molar-refractivity contribution < 1.29 is 9.13 Å². The molecule has 1 saturated heterocycles. The molecule has 2 nitrogen and oxygen atoms in total. The smallest absolute Gasteiger partial charge is 0.123 e. The molecule has 0 spiro atoms. The number of ether oxygens (including phenoxy) is 1. The summed E-state index contributed by atoms with van der Waals surface area (Å²) in [4.78, 5) is 0. The zero-order chi connectivity index (χ0) is 11.7. The summed E-state index contributed by atoms with van der Waals surface area (Å²) >= 11 is 0. The van der Waals surface area contributed by atoms with Crippen LogP contribution in [0, 0.1) is 5.82 Å². The van der Waals surface area contributed by atoms with Gasteiger partial charge in [-0.15, -0.1) is 0 Å². The predicted octanol–water partition coefficient (Wildman–Crippen LogP) is 2.58. The van der Waals surface area contributed by atoms with Crippen LogP contribution in [0.5, 0.6) is 0 Å². The van der Waals surface area contributed by atoms with Crippen molar-refractivity contribution in [3.05, 3.63) is 35.1 Å². The van der Waals surface area contributed by atoms with Gasteiger partial charge in [-0.3, -0.25) is 0 Å². The molecule has 2 aliphatic rings. The molecular formula is C14H18FNO. The second-order valence-electron chi connectivity index (χ2n) is 4.94. The lowest BCUT2D eigenvalue weighted by atomic mass is 9.95. The summed E-state index contributed by atoms with van der Waals surface area (Å²) in [6.07, 6.45) is 4.38. The van der Waals surface area contributed by atoms with Gasteiger partial charge in [-0.1, -0.05) is 6.07 Å². The fourth-order valence-corrected chi connectivity index (χ4v) is 2.92. The summed E-state index contributed by atoms with van der Waals surface area (Å²) < 4.78 is 19.4. The second kappa shape index (κ2) is 4.75. The Kier molecular flexibility index (Phi) is 3.12. The van der Waals surface area contributed by atoms with Crippen LogP contribution in [0.15, 0.2) is 18.2 Å². The van der Waals surface area contributed by atoms with E-state index in [1.54, 1.807) is 12.1 Å². The predicted molar refractivity (Wildman–Crippen MR) is 64.4 cm³/mol. The summed E-state index contributed by atoms with van der Waals surface area (Å²) in [5.74, 6) is -0.155. The first-order valence-electron chi connectivity index (χ1n) is 6.48. The quantitative estimate of drug-likeness (QED) is 0.807. The topological polar surface area (TPSA) is 21.3 Å². The summed E-state index contributed by atoms with van der Waals surface area (Å²) in [5.41, 5.74) is 2.31. The molecule has 17 heavy (non-hydrogen) atoms. The van der Waals surface area contributed by atoms with Crippen molar-refractivity contribution in [3.63, 3.8) is 0 Å². The molecule has 1 N–H and O–H groups in total. The molecule has 0 aromatic heterocycles. The monoisotopic (exact) mass is 235 g/mol. The molecule has 2 aliphatic heterocycles. The number of rotatable bonds is 1. The summed E-state index contributed by atoms with van der Waals surface area (Å²) in [6.45, 7) is 1.83. The largest absolute Gasteiger partial charge is 0.372 e. The minimum Gasteiger partial charge on any atom is -0.372 e. The van der Waals surface area contributed by atoms with Crippen LogP contribution in [-0.4, -0.2) is 19.2 Å². The highest BCUT2D eigenvalue weighted by Crippen LogP contribution is 2.32. The molecule has 0 amide bonds. The van der Waals surface area contributed by atoms with Crippen LogP contribution in [0.4, 0.5) is 4.39 Å². The van der Waals surface area contributed by atoms with E-state index in [0.717, 1.165) is 38.0 Å². The SMILES string of the molecule is Fc1ccc2c(c1)[C@@H]([C@@H]1CCCN1)OCCC2. The van der Waals surface area contributed by atoms with Gasteiger partial charge in [0.15, 0.2) is 0 Å². The lowest BCUT2D eigenvalue weighted by molar-refractivity contribution is 0.0332. The molecule has 0 saturated carbocycles. The van der Waals surface area contributed by atoms with Crippen molar-refractivity contribution in [2.45, 2.75) is 37.8 Å². The first kappa shape index (κ1) is 11.2. The van der Waals surface area contributed by atoms with E-state index in [1.807, 2.05) is 6.07 Å². The van der Waals surface area contributed by atoms with Gasteiger partial charge in [-0.2, -0.15) is 0 Å². The average Bonchev–Trinajstić information content (AvgIpc) is 2.77. The number of benzene rings is 1. The number of halogens is 1. The Morgan fingerprint density at radius 3 is 3.06 bits per heavy atom. The zero-order valence-corrected chi connectivity index (χ0v) is 9.92. The van der Waals surface area contributed by atoms with Gasteiger partial charge in [0, 0.05) is 12.6 Å². The third-order valence-electron chi connectivity index (χ3n) is 3.77. The maximum atomic E-state index is 13.4. The highest BCUT2D eigenvalue weighted by molar-refractivity contribution is 5.32. The molecule has 2 heterocycles. The fourth-order valence-electron chi connectivity index (χ4n) is 2.92. The summed E-state index contributed by atoms with van der Waals surface area (Å²) in [6, 6.07) is 5.49. The highest BCUT2D eigenvalue weighted by Gasteiger charge is 2.29. The van der Waals surface area contributed by atoms with Gasteiger partial charge in [0.05, 0.1) is 6.10 Å². The number of fused-ring (bicyclic) bond motifs is 1. The molecule has 1 aromatic carbocycles. The Bertz CT molecular complexity index is 401. The van der Waals surface area contributed by atoms with Gasteiger partial charge in [0.1, 0.15) is 5.82 Å². The molecule has 0 radical (unpaired) electrons. The van der Waals surface area contributed by atoms with Gasteiger partial charge >= 0.3 is 0 Å². The van der Waals surface area contributed by atoms with E-state index >= 15 is 0 Å². The van der Waals surface area contributed by atoms with Gasteiger partial charge in [0.25, 0.3) is 0 Å². The molecule has 0 unspecified atom stereocenters. The molecule has 3 rings (SSSR count). The first-order valence-corrected chi connectivity index (χ1v) is 6.48. The van der Waals surface area contributed by atoms with E-state index in [2.05, 4.69) is 5.32 Å². The molecular weight excluding hydrogens is 217 g/mol. The molecule has 3 heteroatoms. The van der Waals surface area contributed by atoms with E-state index in [0.29, 0.717) is 6.04 Å². The Balaban J connectivity index is 1.96. The van der Waals surface area contributed by atoms with Gasteiger partial charge in [-0.25, -0.2) is 4.39 Å². The Morgan fingerprint density at radius 1 is 1.29 bits per heavy atom. The van der Waals surface area contributed by atoms with Crippen molar-refractivity contribution in [2.24, 2.45) is 0 Å². The van der Waals surface area contributed by atoms with Crippen molar-refractivity contribution in [1.29, 1.82) is 0 Å². The lowest BCUT2D eigenvalue weighted by Crippen LogP contribution is -2.30. The standard InChI is InChI=1S/C14H18FNO/c15-11-6-5-10-3-2-8-17-14(12(10)9-11)13-4-1-7-16-13/h5-6,9,13-14,16H,1-4,7-8H2/t13-,14-/m0/s1. The molecule has 92 valence electrons. The van der Waals surface area contributed by atoms with E-state index in [4.69, 9.17) is 4.74 Å². The van der Waals surface area contributed by atoms with Crippen molar-refractivity contribution >= 4 is 0 Å². The van der Waals surface area contributed by atoms with Gasteiger partial charge in [-0.05, 0) is 55.5 Å². The average molecular weight is 235 g/mol. The first-order chi connectivity index (χ1) is 8.34. The normalized spacial score (nSPS) is 28.8. The third kappa shape index (κ3) is 2.22. The molecule has 2 atom stereocenters. The van der Waals surface area contributed by atoms with Crippen LogP contribution in [-0.2, 0) is 11.2 Å². The van der Waals surface area contributed by atoms with Crippen LogP contribution in [0.2, 0.25) is 0 Å². The van der Waals surface area contributed by atoms with Crippen LogP contribution in [0.25, 0.3) is 0 Å². The zero-order valence-electron chi connectivity index (χ0n) is 9.92. The van der Waals surface area contributed by atoms with Gasteiger partial charge < -0.3 is 10.1 Å². The maximum absolute atomic E-state index is 13.4. The van der Waals surface area contributed by atoms with Crippen LogP contribution < -0.4 is 5.32 Å². The van der Waals surface area contributed by atoms with E-state index in [-0.39, 0.29) is 11.9 Å². The van der Waals surface area contributed by atoms with Crippen molar-refractivity contribution in [3.8, 4) is 0 Å². The van der Waals surface area contributed by atoms with Crippen LogP contribution in [0.1, 0.15) is 36.5 Å². The fraction of sp³-hybridized carbons (Fsp3) is 0.571. The summed E-state index contributed by atoms with van der Waals surface area (Å²) in [7, 11) is 0. The Hall–Kier alpha value is -0.930. The molecule has 1 aromatic rings. The van der Waals surface area contributed by atoms with Crippen LogP contribution in [0.3, 0.4) is 0 Å². The van der Waals surface area contributed by atoms with Gasteiger partial charge in [0.2, 0.25) is 0 Å². The summed E-state index contributed by atoms with van der Waals surface area (Å²) in [5, 5.41) is 3.47. The van der Waals surface area contributed by atoms with Crippen molar-refractivity contribution in [1.82, 2.24) is 5.32 Å². The number of hydrogen-bond donors (Lipinski definition) is 1. The minimum absolute atomic E-state index is 0.0331.